The van der Waals surface area contributed by atoms with Crippen LogP contribution in [0.25, 0.3) is 0 Å². The van der Waals surface area contributed by atoms with Crippen molar-refractivity contribution in [3.05, 3.63) is 0 Å². The molecule has 0 radical (unpaired) electrons. The van der Waals surface area contributed by atoms with Gasteiger partial charge in [0.25, 0.3) is 0 Å². The van der Waals surface area contributed by atoms with E-state index in [-0.39, 0.29) is 30.9 Å². The SMILES string of the molecule is CCCCCCCCC1CC1CCCCCCCCO[C@@H]1[C@@H](OCCCCCCCCC2CC2CCCCCCCC)CO[C@@H]1COC(=O)C1(C)CCN(C)C1. The van der Waals surface area contributed by atoms with Gasteiger partial charge in [-0.15, -0.1) is 0 Å². The molecule has 4 aliphatic rings. The lowest BCUT2D eigenvalue weighted by atomic mass is 9.90. The molecule has 6 heteroatoms. The maximum atomic E-state index is 13.1. The van der Waals surface area contributed by atoms with Gasteiger partial charge in [-0.1, -0.05) is 181 Å². The summed E-state index contributed by atoms with van der Waals surface area (Å²) in [6, 6.07) is 0. The number of esters is 1. The number of nitrogens with zero attached hydrogens (tertiary/aromatic N) is 1. The molecular weight excluding hydrogens is 695 g/mol. The fourth-order valence-electron chi connectivity index (χ4n) is 10.1. The molecular formula is C50H93NO5. The minimum absolute atomic E-state index is 0.0814. The topological polar surface area (TPSA) is 57.2 Å². The van der Waals surface area contributed by atoms with Crippen molar-refractivity contribution >= 4 is 5.97 Å². The van der Waals surface area contributed by atoms with E-state index in [2.05, 4.69) is 25.8 Å². The second-order valence-corrected chi connectivity index (χ2v) is 19.7. The van der Waals surface area contributed by atoms with Crippen LogP contribution in [0.15, 0.2) is 0 Å². The number of carbonyl (C=O) groups excluding carboxylic acids is 1. The highest BCUT2D eigenvalue weighted by atomic mass is 16.6. The van der Waals surface area contributed by atoms with Crippen LogP contribution in [-0.2, 0) is 23.7 Å². The summed E-state index contributed by atoms with van der Waals surface area (Å²) >= 11 is 0. The monoisotopic (exact) mass is 788 g/mol. The van der Waals surface area contributed by atoms with Gasteiger partial charge in [0.1, 0.15) is 24.9 Å². The first kappa shape index (κ1) is 48.0. The summed E-state index contributed by atoms with van der Waals surface area (Å²) in [4.78, 5) is 15.3. The Bertz CT molecular complexity index is 992. The van der Waals surface area contributed by atoms with E-state index in [0.717, 1.165) is 69.2 Å². The molecule has 0 spiro atoms. The number of rotatable bonds is 37. The van der Waals surface area contributed by atoms with E-state index >= 15 is 0 Å². The fraction of sp³-hybridized carbons (Fsp3) is 0.980. The van der Waals surface area contributed by atoms with Crippen molar-refractivity contribution in [2.75, 3.05) is 46.6 Å². The minimum Gasteiger partial charge on any atom is -0.462 e. The van der Waals surface area contributed by atoms with Gasteiger partial charge in [-0.05, 0) is 76.3 Å². The first-order valence-electron chi connectivity index (χ1n) is 25.1. The van der Waals surface area contributed by atoms with Crippen molar-refractivity contribution in [1.29, 1.82) is 0 Å². The number of unbranched alkanes of at least 4 members (excludes halogenated alkanes) is 20. The molecule has 56 heavy (non-hydrogen) atoms. The lowest BCUT2D eigenvalue weighted by molar-refractivity contribution is -0.160. The number of likely N-dealkylation sites (tertiary alicyclic amines) is 1. The molecule has 0 amide bonds. The second kappa shape index (κ2) is 28.7. The van der Waals surface area contributed by atoms with Gasteiger partial charge in [0, 0.05) is 19.8 Å². The van der Waals surface area contributed by atoms with Gasteiger partial charge < -0.3 is 23.8 Å². The predicted molar refractivity (Wildman–Crippen MR) is 234 cm³/mol. The molecule has 4 fully saturated rings. The maximum absolute atomic E-state index is 13.1. The van der Waals surface area contributed by atoms with Crippen molar-refractivity contribution in [2.45, 2.75) is 238 Å². The summed E-state index contributed by atoms with van der Waals surface area (Å²) in [6.45, 7) is 10.6. The van der Waals surface area contributed by atoms with Crippen LogP contribution in [0.2, 0.25) is 0 Å². The lowest BCUT2D eigenvalue weighted by Gasteiger charge is -2.26. The molecule has 0 N–H and O–H groups in total. The zero-order valence-corrected chi connectivity index (χ0v) is 37.7. The molecule has 0 aromatic heterocycles. The largest absolute Gasteiger partial charge is 0.462 e. The molecule has 0 bridgehead atoms. The second-order valence-electron chi connectivity index (χ2n) is 19.7. The first-order chi connectivity index (χ1) is 27.4. The van der Waals surface area contributed by atoms with Crippen LogP contribution in [0.3, 0.4) is 0 Å². The van der Waals surface area contributed by atoms with Gasteiger partial charge in [-0.25, -0.2) is 0 Å². The molecule has 2 saturated heterocycles. The molecule has 6 nitrogen and oxygen atoms in total. The van der Waals surface area contributed by atoms with Crippen LogP contribution >= 0.6 is 0 Å². The van der Waals surface area contributed by atoms with Crippen LogP contribution in [0.4, 0.5) is 0 Å². The zero-order valence-electron chi connectivity index (χ0n) is 37.7. The van der Waals surface area contributed by atoms with Gasteiger partial charge in [0.2, 0.25) is 0 Å². The third-order valence-corrected chi connectivity index (χ3v) is 14.3. The Morgan fingerprint density at radius 1 is 0.607 bits per heavy atom. The average molecular weight is 788 g/mol. The van der Waals surface area contributed by atoms with Crippen molar-refractivity contribution in [1.82, 2.24) is 4.90 Å². The molecule has 8 atom stereocenters. The normalized spacial score (nSPS) is 28.7. The van der Waals surface area contributed by atoms with Crippen molar-refractivity contribution in [3.63, 3.8) is 0 Å². The molecule has 2 saturated carbocycles. The van der Waals surface area contributed by atoms with Crippen molar-refractivity contribution in [3.8, 4) is 0 Å². The van der Waals surface area contributed by atoms with E-state index in [9.17, 15) is 4.79 Å². The van der Waals surface area contributed by atoms with E-state index < -0.39 is 5.41 Å². The van der Waals surface area contributed by atoms with E-state index in [4.69, 9.17) is 18.9 Å². The van der Waals surface area contributed by atoms with Gasteiger partial charge in [-0.2, -0.15) is 0 Å². The molecule has 5 unspecified atom stereocenters. The summed E-state index contributed by atoms with van der Waals surface area (Å²) in [7, 11) is 2.08. The smallest absolute Gasteiger partial charge is 0.313 e. The van der Waals surface area contributed by atoms with Gasteiger partial charge in [0.15, 0.2) is 0 Å². The Hall–Kier alpha value is -0.690. The van der Waals surface area contributed by atoms with Crippen molar-refractivity contribution in [2.24, 2.45) is 29.1 Å². The highest BCUT2D eigenvalue weighted by Gasteiger charge is 2.44. The van der Waals surface area contributed by atoms with Crippen LogP contribution in [0, 0.1) is 29.1 Å². The molecule has 2 aliphatic heterocycles. The molecule has 0 aromatic rings. The summed E-state index contributed by atoms with van der Waals surface area (Å²) in [5.41, 5.74) is -0.429. The van der Waals surface area contributed by atoms with Gasteiger partial charge in [-0.3, -0.25) is 4.79 Å². The van der Waals surface area contributed by atoms with E-state index in [1.165, 1.54) is 180 Å². The quantitative estimate of drug-likeness (QED) is 0.0462. The van der Waals surface area contributed by atoms with Crippen LogP contribution in [-0.4, -0.2) is 75.7 Å². The lowest BCUT2D eigenvalue weighted by Crippen LogP contribution is -2.40. The Kier molecular flexibility index (Phi) is 24.6. The Labute approximate surface area is 347 Å². The third-order valence-electron chi connectivity index (χ3n) is 14.3. The standard InChI is InChI=1S/C50H93NO5/c1-5-7-9-11-17-23-29-42-37-44(42)31-25-19-13-15-21-27-35-53-46-39-55-47(40-56-49(52)50(3)33-34-51(4)41-50)48(46)54-36-28-22-16-14-20-26-32-45-38-43(45)30-24-18-12-10-8-6-2/h42-48H,5-41H2,1-4H3/t42?,43?,44?,45?,46-,47+,48+,50?/m0/s1. The highest BCUT2D eigenvalue weighted by molar-refractivity contribution is 5.77. The summed E-state index contributed by atoms with van der Waals surface area (Å²) in [5, 5.41) is 0. The van der Waals surface area contributed by atoms with Crippen molar-refractivity contribution < 1.29 is 23.7 Å². The number of hydrogen-bond acceptors (Lipinski definition) is 6. The zero-order chi connectivity index (χ0) is 39.7. The number of carbonyl (C=O) groups is 1. The Morgan fingerprint density at radius 3 is 1.48 bits per heavy atom. The highest BCUT2D eigenvalue weighted by Crippen LogP contribution is 2.46. The molecule has 4 rings (SSSR count). The van der Waals surface area contributed by atoms with E-state index in [1.807, 2.05) is 6.92 Å². The summed E-state index contributed by atoms with van der Waals surface area (Å²) < 4.78 is 25.0. The predicted octanol–water partition coefficient (Wildman–Crippen LogP) is 13.3. The third kappa shape index (κ3) is 19.6. The van der Waals surface area contributed by atoms with Gasteiger partial charge >= 0.3 is 5.97 Å². The first-order valence-corrected chi connectivity index (χ1v) is 25.1. The van der Waals surface area contributed by atoms with E-state index in [1.54, 1.807) is 0 Å². The average Bonchev–Trinajstić information content (AvgIpc) is 4.06. The van der Waals surface area contributed by atoms with E-state index in [0.29, 0.717) is 6.61 Å². The summed E-state index contributed by atoms with van der Waals surface area (Å²) in [5.74, 6) is 4.12. The van der Waals surface area contributed by atoms with Crippen LogP contribution < -0.4 is 0 Å². The molecule has 0 aromatic carbocycles. The van der Waals surface area contributed by atoms with Crippen LogP contribution in [0.5, 0.6) is 0 Å². The van der Waals surface area contributed by atoms with Gasteiger partial charge in [0.05, 0.1) is 12.0 Å². The number of hydrogen-bond donors (Lipinski definition) is 0. The fourth-order valence-corrected chi connectivity index (χ4v) is 10.1. The molecule has 2 aliphatic carbocycles. The maximum Gasteiger partial charge on any atom is 0.313 e. The Balaban J connectivity index is 1.02. The summed E-state index contributed by atoms with van der Waals surface area (Å²) in [6.07, 6.45) is 42.0. The number of ether oxygens (including phenoxy) is 4. The minimum atomic E-state index is -0.429. The molecule has 328 valence electrons. The van der Waals surface area contributed by atoms with Crippen LogP contribution in [0.1, 0.15) is 220 Å². The molecule has 2 heterocycles. The Morgan fingerprint density at radius 2 is 1.04 bits per heavy atom.